The number of nitrogens with zero attached hydrogens (tertiary/aromatic N) is 1. The van der Waals surface area contributed by atoms with Crippen LogP contribution >= 0.6 is 12.4 Å². The molecule has 0 aliphatic carbocycles. The Morgan fingerprint density at radius 2 is 1.79 bits per heavy atom. The molecule has 0 spiro atoms. The minimum absolute atomic E-state index is 0. The number of carboxylic acids is 1. The lowest BCUT2D eigenvalue weighted by Gasteiger charge is -2.18. The minimum Gasteiger partial charge on any atom is -0.489 e. The number of nitrogens with one attached hydrogen (secondary N) is 1. The lowest BCUT2D eigenvalue weighted by Crippen LogP contribution is -2.37. The van der Waals surface area contributed by atoms with E-state index in [-0.39, 0.29) is 50.2 Å². The average molecular weight is 551 g/mol. The number of rotatable bonds is 10. The number of aliphatic carboxylic acids is 1. The van der Waals surface area contributed by atoms with Crippen molar-refractivity contribution in [2.75, 3.05) is 24.5 Å². The first kappa shape index (κ1) is 28.8. The summed E-state index contributed by atoms with van der Waals surface area (Å²) in [4.78, 5) is 24.7. The lowest BCUT2D eigenvalue weighted by molar-refractivity contribution is -0.274. The van der Waals surface area contributed by atoms with Crippen molar-refractivity contribution in [3.8, 4) is 22.6 Å². The van der Waals surface area contributed by atoms with Gasteiger partial charge in [0.25, 0.3) is 0 Å². The fourth-order valence-corrected chi connectivity index (χ4v) is 4.10. The molecule has 0 saturated carbocycles. The van der Waals surface area contributed by atoms with Gasteiger partial charge in [-0.25, -0.2) is 0 Å². The lowest BCUT2D eigenvalue weighted by atomic mass is 10.0. The van der Waals surface area contributed by atoms with Crippen molar-refractivity contribution in [1.82, 2.24) is 5.32 Å². The molecule has 2 N–H and O–H groups in total. The first-order valence-electron chi connectivity index (χ1n) is 11.6. The van der Waals surface area contributed by atoms with Crippen molar-refractivity contribution in [3.05, 3.63) is 77.9 Å². The zero-order chi connectivity index (χ0) is 26.4. The summed E-state index contributed by atoms with van der Waals surface area (Å²) in [5.74, 6) is -0.873. The van der Waals surface area contributed by atoms with Crippen LogP contribution in [0.3, 0.4) is 0 Å². The normalized spacial score (nSPS) is 12.4. The molecule has 1 aliphatic rings. The van der Waals surface area contributed by atoms with E-state index in [0.29, 0.717) is 35.4 Å². The molecule has 4 rings (SSSR count). The van der Waals surface area contributed by atoms with Crippen LogP contribution in [0.1, 0.15) is 17.5 Å². The third-order valence-electron chi connectivity index (χ3n) is 5.80. The van der Waals surface area contributed by atoms with Crippen molar-refractivity contribution in [2.24, 2.45) is 0 Å². The maximum atomic E-state index is 13.0. The van der Waals surface area contributed by atoms with Crippen molar-refractivity contribution < 1.29 is 37.3 Å². The van der Waals surface area contributed by atoms with Crippen LogP contribution in [0.4, 0.5) is 18.9 Å². The largest absolute Gasteiger partial charge is 0.573 e. The predicted octanol–water partition coefficient (Wildman–Crippen LogP) is 5.21. The maximum Gasteiger partial charge on any atom is 0.573 e. The van der Waals surface area contributed by atoms with E-state index < -0.39 is 12.3 Å². The number of halogens is 4. The molecule has 1 amide bonds. The highest BCUT2D eigenvalue weighted by Crippen LogP contribution is 2.35. The molecule has 202 valence electrons. The molecule has 38 heavy (non-hydrogen) atoms. The van der Waals surface area contributed by atoms with Gasteiger partial charge in [0.2, 0.25) is 5.91 Å². The molecule has 1 heterocycles. The van der Waals surface area contributed by atoms with Gasteiger partial charge in [-0.05, 0) is 47.4 Å². The summed E-state index contributed by atoms with van der Waals surface area (Å²) < 4.78 is 49.3. The molecule has 0 unspecified atom stereocenters. The van der Waals surface area contributed by atoms with Gasteiger partial charge in [-0.3, -0.25) is 9.59 Å². The number of benzene rings is 3. The van der Waals surface area contributed by atoms with E-state index in [4.69, 9.17) is 9.84 Å². The van der Waals surface area contributed by atoms with Gasteiger partial charge < -0.3 is 24.8 Å². The highest BCUT2D eigenvalue weighted by Gasteiger charge is 2.32. The van der Waals surface area contributed by atoms with Gasteiger partial charge in [0.15, 0.2) is 0 Å². The second-order valence-corrected chi connectivity index (χ2v) is 8.44. The van der Waals surface area contributed by atoms with Crippen molar-refractivity contribution in [2.45, 2.75) is 25.8 Å². The monoisotopic (exact) mass is 550 g/mol. The first-order chi connectivity index (χ1) is 17.7. The molecule has 0 saturated heterocycles. The van der Waals surface area contributed by atoms with Crippen LogP contribution < -0.4 is 19.7 Å². The number of carbonyl (C=O) groups excluding carboxylic acids is 1. The summed E-state index contributed by atoms with van der Waals surface area (Å²) in [6.45, 7) is 0.762. The van der Waals surface area contributed by atoms with E-state index in [1.54, 1.807) is 59.5 Å². The van der Waals surface area contributed by atoms with Crippen LogP contribution in [0, 0.1) is 0 Å². The molecule has 0 fully saturated rings. The van der Waals surface area contributed by atoms with E-state index in [0.717, 1.165) is 11.3 Å². The third kappa shape index (κ3) is 7.62. The van der Waals surface area contributed by atoms with E-state index in [1.807, 2.05) is 6.07 Å². The van der Waals surface area contributed by atoms with Crippen molar-refractivity contribution in [3.63, 3.8) is 0 Å². The van der Waals surface area contributed by atoms with Crippen LogP contribution in [0.15, 0.2) is 66.7 Å². The molecule has 11 heteroatoms. The Bertz CT molecular complexity index is 1270. The molecule has 0 aromatic heterocycles. The smallest absolute Gasteiger partial charge is 0.489 e. The maximum absolute atomic E-state index is 13.0. The van der Waals surface area contributed by atoms with Gasteiger partial charge in [0.05, 0.1) is 13.0 Å². The Labute approximate surface area is 223 Å². The summed E-state index contributed by atoms with van der Waals surface area (Å²) in [6.07, 6.45) is -4.27. The average Bonchev–Trinajstić information content (AvgIpc) is 3.28. The SMILES string of the molecule is Cl.O=C(O)CCNCC(=O)N1CCc2cc(OCc3ccc(-c4ccccc4)c(OC(F)(F)F)c3)ccc21. The van der Waals surface area contributed by atoms with E-state index in [9.17, 15) is 22.8 Å². The summed E-state index contributed by atoms with van der Waals surface area (Å²) in [5.41, 5.74) is 3.09. The van der Waals surface area contributed by atoms with Crippen LogP contribution in [-0.2, 0) is 22.6 Å². The zero-order valence-corrected chi connectivity index (χ0v) is 21.0. The number of fused-ring (bicyclic) bond motifs is 1. The zero-order valence-electron chi connectivity index (χ0n) is 20.2. The van der Waals surface area contributed by atoms with Crippen LogP contribution in [0.5, 0.6) is 11.5 Å². The second-order valence-electron chi connectivity index (χ2n) is 8.44. The quantitative estimate of drug-likeness (QED) is 0.337. The molecule has 0 radical (unpaired) electrons. The van der Waals surface area contributed by atoms with Crippen LogP contribution in [0.2, 0.25) is 0 Å². The highest BCUT2D eigenvalue weighted by atomic mass is 35.5. The number of carboxylic acid groups (broad SMARTS) is 1. The number of hydrogen-bond acceptors (Lipinski definition) is 5. The molecule has 0 bridgehead atoms. The van der Waals surface area contributed by atoms with Gasteiger partial charge in [-0.2, -0.15) is 0 Å². The van der Waals surface area contributed by atoms with Crippen molar-refractivity contribution >= 4 is 30.0 Å². The third-order valence-corrected chi connectivity index (χ3v) is 5.80. The van der Waals surface area contributed by atoms with Gasteiger partial charge in [-0.15, -0.1) is 25.6 Å². The minimum atomic E-state index is -4.84. The molecule has 3 aromatic rings. The van der Waals surface area contributed by atoms with E-state index in [1.165, 1.54) is 6.07 Å². The Morgan fingerprint density at radius 1 is 1.03 bits per heavy atom. The Kier molecular flexibility index (Phi) is 9.60. The van der Waals surface area contributed by atoms with Gasteiger partial charge >= 0.3 is 12.3 Å². The fraction of sp³-hybridized carbons (Fsp3) is 0.259. The summed E-state index contributed by atoms with van der Waals surface area (Å²) in [6, 6.07) is 18.5. The van der Waals surface area contributed by atoms with Gasteiger partial charge in [0, 0.05) is 24.3 Å². The first-order valence-corrected chi connectivity index (χ1v) is 11.6. The van der Waals surface area contributed by atoms with E-state index in [2.05, 4.69) is 10.1 Å². The number of amides is 1. The standard InChI is InChI=1S/C27H25F3N2O5.ClH/c28-27(29,30)37-24-14-18(6-8-22(24)19-4-2-1-3-5-19)17-36-21-7-9-23-20(15-21)11-13-32(23)25(33)16-31-12-10-26(34)35;/h1-9,14-15,31H,10-13,16-17H2,(H,34,35);1H. The van der Waals surface area contributed by atoms with Crippen molar-refractivity contribution in [1.29, 1.82) is 0 Å². The molecular formula is C27H26ClF3N2O5. The Morgan fingerprint density at radius 3 is 2.50 bits per heavy atom. The summed E-state index contributed by atoms with van der Waals surface area (Å²) in [5, 5.41) is 11.5. The summed E-state index contributed by atoms with van der Waals surface area (Å²) in [7, 11) is 0. The van der Waals surface area contributed by atoms with E-state index >= 15 is 0 Å². The van der Waals surface area contributed by atoms with Crippen LogP contribution in [0.25, 0.3) is 11.1 Å². The fourth-order valence-electron chi connectivity index (χ4n) is 4.10. The summed E-state index contributed by atoms with van der Waals surface area (Å²) >= 11 is 0. The molecule has 7 nitrogen and oxygen atoms in total. The number of anilines is 1. The number of hydrogen-bond donors (Lipinski definition) is 2. The molecule has 0 atom stereocenters. The second kappa shape index (κ2) is 12.7. The molecule has 1 aliphatic heterocycles. The van der Waals surface area contributed by atoms with Gasteiger partial charge in [0.1, 0.15) is 18.1 Å². The Hall–Kier alpha value is -3.76. The topological polar surface area (TPSA) is 88.1 Å². The van der Waals surface area contributed by atoms with Crippen LogP contribution in [-0.4, -0.2) is 43.0 Å². The Balaban J connectivity index is 0.00000400. The molecule has 3 aromatic carbocycles. The predicted molar refractivity (Wildman–Crippen MR) is 138 cm³/mol. The van der Waals surface area contributed by atoms with Gasteiger partial charge in [-0.1, -0.05) is 42.5 Å². The molecular weight excluding hydrogens is 525 g/mol. The number of ether oxygens (including phenoxy) is 2. The highest BCUT2D eigenvalue weighted by molar-refractivity contribution is 5.97. The number of alkyl halides is 3. The number of carbonyl (C=O) groups is 2.